The van der Waals surface area contributed by atoms with E-state index in [-0.39, 0.29) is 0 Å². The summed E-state index contributed by atoms with van der Waals surface area (Å²) in [6, 6.07) is 4.57. The Morgan fingerprint density at radius 1 is 1.35 bits per heavy atom. The van der Waals surface area contributed by atoms with Gasteiger partial charge in [0.05, 0.1) is 5.69 Å². The van der Waals surface area contributed by atoms with Gasteiger partial charge in [-0.25, -0.2) is 4.98 Å². The average molecular weight is 235 g/mol. The number of aromatic nitrogens is 1. The highest BCUT2D eigenvalue weighted by molar-refractivity contribution is 5.65. The lowest BCUT2D eigenvalue weighted by Gasteiger charge is -2.21. The maximum absolute atomic E-state index is 5.47. The van der Waals surface area contributed by atoms with Gasteiger partial charge < -0.3 is 15.0 Å². The van der Waals surface area contributed by atoms with E-state index in [2.05, 4.69) is 16.4 Å². The van der Waals surface area contributed by atoms with E-state index in [1.807, 2.05) is 31.3 Å². The first-order valence-corrected chi connectivity index (χ1v) is 6.24. The first kappa shape index (κ1) is 12.2. The fraction of sp³-hybridized carbons (Fsp3) is 0.615. The van der Waals surface area contributed by atoms with Crippen LogP contribution in [0.1, 0.15) is 19.3 Å². The van der Waals surface area contributed by atoms with Crippen LogP contribution in [0.4, 0.5) is 11.5 Å². The summed E-state index contributed by atoms with van der Waals surface area (Å²) in [5, 5.41) is 3.59. The van der Waals surface area contributed by atoms with Crippen molar-refractivity contribution in [1.82, 2.24) is 4.98 Å². The van der Waals surface area contributed by atoms with Gasteiger partial charge in [-0.3, -0.25) is 0 Å². The predicted molar refractivity (Wildman–Crippen MR) is 70.6 cm³/mol. The zero-order valence-electron chi connectivity index (χ0n) is 10.6. The van der Waals surface area contributed by atoms with Crippen molar-refractivity contribution in [3.05, 3.63) is 18.3 Å². The summed E-state index contributed by atoms with van der Waals surface area (Å²) in [6.07, 6.45) is 5.20. The number of hydrogen-bond acceptors (Lipinski definition) is 4. The highest BCUT2D eigenvalue weighted by Crippen LogP contribution is 2.23. The molecule has 17 heavy (non-hydrogen) atoms. The van der Waals surface area contributed by atoms with E-state index in [1.54, 1.807) is 0 Å². The Hall–Kier alpha value is -1.29. The Kier molecular flexibility index (Phi) is 4.20. The van der Waals surface area contributed by atoms with E-state index < -0.39 is 0 Å². The van der Waals surface area contributed by atoms with Gasteiger partial charge in [-0.05, 0) is 31.4 Å². The third kappa shape index (κ3) is 3.33. The molecule has 0 amide bonds. The lowest BCUT2D eigenvalue weighted by Crippen LogP contribution is -2.22. The van der Waals surface area contributed by atoms with Crippen LogP contribution in [0.2, 0.25) is 0 Å². The molecule has 1 fully saturated rings. The SMILES string of the molecule is CN(C)c1ncccc1NC1CCCOCC1. The van der Waals surface area contributed by atoms with Crippen molar-refractivity contribution in [3.63, 3.8) is 0 Å². The third-order valence-electron chi connectivity index (χ3n) is 3.02. The summed E-state index contributed by atoms with van der Waals surface area (Å²) in [5.74, 6) is 0.998. The van der Waals surface area contributed by atoms with Gasteiger partial charge in [-0.2, -0.15) is 0 Å². The Labute approximate surface area is 103 Å². The highest BCUT2D eigenvalue weighted by atomic mass is 16.5. The van der Waals surface area contributed by atoms with E-state index in [9.17, 15) is 0 Å². The molecule has 2 heterocycles. The van der Waals surface area contributed by atoms with Gasteiger partial charge in [0.15, 0.2) is 5.82 Å². The van der Waals surface area contributed by atoms with E-state index >= 15 is 0 Å². The summed E-state index contributed by atoms with van der Waals surface area (Å²) >= 11 is 0. The minimum absolute atomic E-state index is 0.500. The van der Waals surface area contributed by atoms with Crippen LogP contribution in [0.15, 0.2) is 18.3 Å². The molecule has 4 heteroatoms. The number of nitrogens with zero attached hydrogens (tertiary/aromatic N) is 2. The summed E-state index contributed by atoms with van der Waals surface area (Å²) in [7, 11) is 4.04. The zero-order valence-corrected chi connectivity index (χ0v) is 10.6. The second-order valence-electron chi connectivity index (χ2n) is 4.65. The molecule has 1 unspecified atom stereocenters. The van der Waals surface area contributed by atoms with Crippen LogP contribution in [0.5, 0.6) is 0 Å². The standard InChI is InChI=1S/C13H21N3O/c1-16(2)13-12(6-3-8-14-13)15-11-5-4-9-17-10-7-11/h3,6,8,11,15H,4-5,7,9-10H2,1-2H3. The summed E-state index contributed by atoms with van der Waals surface area (Å²) in [5.41, 5.74) is 1.12. The largest absolute Gasteiger partial charge is 0.381 e. The Morgan fingerprint density at radius 2 is 2.24 bits per heavy atom. The molecular weight excluding hydrogens is 214 g/mol. The monoisotopic (exact) mass is 235 g/mol. The van der Waals surface area contributed by atoms with Gasteiger partial charge in [0.2, 0.25) is 0 Å². The van der Waals surface area contributed by atoms with Crippen LogP contribution < -0.4 is 10.2 Å². The summed E-state index contributed by atoms with van der Waals surface area (Å²) in [4.78, 5) is 6.44. The van der Waals surface area contributed by atoms with Crippen LogP contribution in [0.25, 0.3) is 0 Å². The smallest absolute Gasteiger partial charge is 0.151 e. The molecule has 4 nitrogen and oxygen atoms in total. The maximum atomic E-state index is 5.47. The van der Waals surface area contributed by atoms with Gasteiger partial charge in [0.1, 0.15) is 0 Å². The minimum Gasteiger partial charge on any atom is -0.381 e. The molecule has 1 aliphatic rings. The first-order valence-electron chi connectivity index (χ1n) is 6.24. The van der Waals surface area contributed by atoms with Crippen molar-refractivity contribution in [2.24, 2.45) is 0 Å². The second kappa shape index (κ2) is 5.87. The lowest BCUT2D eigenvalue weighted by atomic mass is 10.1. The molecule has 1 aliphatic heterocycles. The van der Waals surface area contributed by atoms with Crippen LogP contribution in [0.3, 0.4) is 0 Å². The van der Waals surface area contributed by atoms with Crippen LogP contribution in [0, 0.1) is 0 Å². The van der Waals surface area contributed by atoms with Crippen LogP contribution in [-0.4, -0.2) is 38.3 Å². The molecular formula is C13H21N3O. The Bertz CT molecular complexity index is 346. The molecule has 0 aliphatic carbocycles. The van der Waals surface area contributed by atoms with Gasteiger partial charge in [0, 0.05) is 39.5 Å². The van der Waals surface area contributed by atoms with E-state index in [4.69, 9.17) is 4.74 Å². The van der Waals surface area contributed by atoms with Crippen molar-refractivity contribution in [2.75, 3.05) is 37.5 Å². The Morgan fingerprint density at radius 3 is 3.06 bits per heavy atom. The summed E-state index contributed by atoms with van der Waals surface area (Å²) in [6.45, 7) is 1.75. The van der Waals surface area contributed by atoms with E-state index in [0.29, 0.717) is 6.04 Å². The molecule has 1 atom stereocenters. The topological polar surface area (TPSA) is 37.4 Å². The molecule has 0 saturated carbocycles. The minimum atomic E-state index is 0.500. The van der Waals surface area contributed by atoms with Crippen LogP contribution >= 0.6 is 0 Å². The van der Waals surface area contributed by atoms with E-state index in [0.717, 1.165) is 37.6 Å². The molecule has 1 saturated heterocycles. The van der Waals surface area contributed by atoms with Crippen molar-refractivity contribution in [1.29, 1.82) is 0 Å². The van der Waals surface area contributed by atoms with Gasteiger partial charge >= 0.3 is 0 Å². The first-order chi connectivity index (χ1) is 8.27. The zero-order chi connectivity index (χ0) is 12.1. The van der Waals surface area contributed by atoms with Crippen molar-refractivity contribution in [2.45, 2.75) is 25.3 Å². The fourth-order valence-electron chi connectivity index (χ4n) is 2.13. The number of anilines is 2. The van der Waals surface area contributed by atoms with Gasteiger partial charge in [-0.15, -0.1) is 0 Å². The number of rotatable bonds is 3. The number of pyridine rings is 1. The number of nitrogens with one attached hydrogen (secondary N) is 1. The second-order valence-corrected chi connectivity index (χ2v) is 4.65. The Balaban J connectivity index is 2.06. The van der Waals surface area contributed by atoms with Crippen molar-refractivity contribution >= 4 is 11.5 Å². The molecule has 1 aromatic heterocycles. The molecule has 0 bridgehead atoms. The van der Waals surface area contributed by atoms with Gasteiger partial charge in [-0.1, -0.05) is 0 Å². The van der Waals surface area contributed by atoms with Crippen molar-refractivity contribution < 1.29 is 4.74 Å². The number of hydrogen-bond donors (Lipinski definition) is 1. The molecule has 2 rings (SSSR count). The van der Waals surface area contributed by atoms with Crippen molar-refractivity contribution in [3.8, 4) is 0 Å². The molecule has 94 valence electrons. The van der Waals surface area contributed by atoms with Crippen LogP contribution in [-0.2, 0) is 4.74 Å². The molecule has 0 spiro atoms. The highest BCUT2D eigenvalue weighted by Gasteiger charge is 2.14. The van der Waals surface area contributed by atoms with Gasteiger partial charge in [0.25, 0.3) is 0 Å². The molecule has 0 aromatic carbocycles. The third-order valence-corrected chi connectivity index (χ3v) is 3.02. The number of ether oxygens (including phenoxy) is 1. The molecule has 1 aromatic rings. The molecule has 0 radical (unpaired) electrons. The quantitative estimate of drug-likeness (QED) is 0.871. The summed E-state index contributed by atoms with van der Waals surface area (Å²) < 4.78 is 5.47. The van der Waals surface area contributed by atoms with E-state index in [1.165, 1.54) is 6.42 Å². The predicted octanol–water partition coefficient (Wildman–Crippen LogP) is 2.13. The lowest BCUT2D eigenvalue weighted by molar-refractivity contribution is 0.144. The average Bonchev–Trinajstić information content (AvgIpc) is 2.58. The maximum Gasteiger partial charge on any atom is 0.151 e. The normalized spacial score (nSPS) is 20.7. The molecule has 1 N–H and O–H groups in total. The fourth-order valence-corrected chi connectivity index (χ4v) is 2.13.